The smallest absolute Gasteiger partial charge is 0.0982 e. The molecule has 0 aromatic carbocycles. The van der Waals surface area contributed by atoms with E-state index < -0.39 is 5.60 Å². The zero-order valence-electron chi connectivity index (χ0n) is 15.5. The van der Waals surface area contributed by atoms with E-state index in [1.165, 1.54) is 0 Å². The summed E-state index contributed by atoms with van der Waals surface area (Å²) in [6.45, 7) is 12.4. The number of hydrogen-bond acceptors (Lipinski definition) is 4. The van der Waals surface area contributed by atoms with Gasteiger partial charge in [0.25, 0.3) is 0 Å². The van der Waals surface area contributed by atoms with Gasteiger partial charge < -0.3 is 19.7 Å². The van der Waals surface area contributed by atoms with Crippen LogP contribution in [0.4, 0.5) is 0 Å². The molecule has 0 bridgehead atoms. The first-order valence-electron chi connectivity index (χ1n) is 8.94. The van der Waals surface area contributed by atoms with Gasteiger partial charge in [-0.1, -0.05) is 18.6 Å². The normalized spacial score (nSPS) is 44.7. The van der Waals surface area contributed by atoms with E-state index in [-0.39, 0.29) is 42.4 Å². The van der Waals surface area contributed by atoms with Gasteiger partial charge >= 0.3 is 0 Å². The fraction of sp³-hybridized carbons (Fsp3) is 0.895. The lowest BCUT2D eigenvalue weighted by Gasteiger charge is -2.48. The number of epoxide rings is 1. The molecule has 0 aromatic heterocycles. The minimum Gasteiger partial charge on any atom is -0.392 e. The molecule has 2 N–H and O–H groups in total. The van der Waals surface area contributed by atoms with E-state index in [1.54, 1.807) is 0 Å². The maximum atomic E-state index is 11.0. The maximum absolute atomic E-state index is 11.0. The Labute approximate surface area is 140 Å². The molecule has 1 saturated heterocycles. The molecule has 4 nitrogen and oxygen atoms in total. The molecule has 6 atom stereocenters. The summed E-state index contributed by atoms with van der Waals surface area (Å²) < 4.78 is 12.1. The van der Waals surface area contributed by atoms with Crippen molar-refractivity contribution in [2.24, 2.45) is 11.8 Å². The van der Waals surface area contributed by atoms with E-state index in [4.69, 9.17) is 14.6 Å². The molecular formula is C19H34O4. The zero-order valence-corrected chi connectivity index (χ0v) is 15.5. The fourth-order valence-electron chi connectivity index (χ4n) is 4.52. The number of aliphatic hydroxyl groups excluding tert-OH is 1. The third-order valence-corrected chi connectivity index (χ3v) is 5.69. The van der Waals surface area contributed by atoms with Gasteiger partial charge in [-0.2, -0.15) is 0 Å². The number of hydrogen-bond donors (Lipinski definition) is 2. The van der Waals surface area contributed by atoms with E-state index in [0.29, 0.717) is 0 Å². The third-order valence-electron chi connectivity index (χ3n) is 5.69. The Bertz CT molecular complexity index is 443. The Morgan fingerprint density at radius 2 is 2.04 bits per heavy atom. The van der Waals surface area contributed by atoms with Gasteiger partial charge in [0.1, 0.15) is 0 Å². The first-order valence-corrected chi connectivity index (χ1v) is 8.94. The average molecular weight is 326 g/mol. The summed E-state index contributed by atoms with van der Waals surface area (Å²) in [6.07, 6.45) is 4.96. The van der Waals surface area contributed by atoms with Crippen molar-refractivity contribution in [1.29, 1.82) is 0 Å². The molecular weight excluding hydrogens is 292 g/mol. The van der Waals surface area contributed by atoms with Gasteiger partial charge in [0.15, 0.2) is 0 Å². The predicted octanol–water partition coefficient (Wildman–Crippen LogP) is 3.06. The second-order valence-electron chi connectivity index (χ2n) is 8.19. The minimum atomic E-state index is -0.727. The molecule has 0 radical (unpaired) electrons. The van der Waals surface area contributed by atoms with Gasteiger partial charge in [-0.05, 0) is 59.8 Å². The van der Waals surface area contributed by atoms with Crippen molar-refractivity contribution in [2.45, 2.75) is 90.3 Å². The summed E-state index contributed by atoms with van der Waals surface area (Å²) in [5, 5.41) is 20.1. The lowest BCUT2D eigenvalue weighted by molar-refractivity contribution is -0.149. The highest BCUT2D eigenvalue weighted by molar-refractivity contribution is 5.15. The van der Waals surface area contributed by atoms with Gasteiger partial charge in [0.2, 0.25) is 0 Å². The van der Waals surface area contributed by atoms with Crippen LogP contribution in [0.25, 0.3) is 0 Å². The van der Waals surface area contributed by atoms with Gasteiger partial charge in [-0.3, -0.25) is 0 Å². The highest BCUT2D eigenvalue weighted by Gasteiger charge is 2.64. The number of rotatable bonds is 6. The van der Waals surface area contributed by atoms with Crippen LogP contribution in [0.3, 0.4) is 0 Å². The van der Waals surface area contributed by atoms with E-state index in [9.17, 15) is 5.11 Å². The van der Waals surface area contributed by atoms with Crippen molar-refractivity contribution in [2.75, 3.05) is 6.61 Å². The van der Waals surface area contributed by atoms with Crippen LogP contribution in [0.15, 0.2) is 11.6 Å². The molecule has 0 aromatic rings. The summed E-state index contributed by atoms with van der Waals surface area (Å²) in [5.41, 5.74) is -0.0729. The Morgan fingerprint density at radius 3 is 2.61 bits per heavy atom. The molecule has 1 heterocycles. The predicted molar refractivity (Wildman–Crippen MR) is 91.3 cm³/mol. The molecule has 23 heavy (non-hydrogen) atoms. The Kier molecular flexibility index (Phi) is 5.62. The van der Waals surface area contributed by atoms with Crippen LogP contribution in [0.1, 0.15) is 60.8 Å². The van der Waals surface area contributed by atoms with Gasteiger partial charge in [-0.15, -0.1) is 0 Å². The largest absolute Gasteiger partial charge is 0.392 e. The average Bonchev–Trinajstić information content (AvgIpc) is 3.09. The summed E-state index contributed by atoms with van der Waals surface area (Å²) in [4.78, 5) is 0. The molecule has 1 saturated carbocycles. The van der Waals surface area contributed by atoms with Crippen LogP contribution in [0, 0.1) is 11.8 Å². The maximum Gasteiger partial charge on any atom is 0.0982 e. The second-order valence-corrected chi connectivity index (χ2v) is 8.19. The van der Waals surface area contributed by atoms with Crippen LogP contribution in [0.5, 0.6) is 0 Å². The Morgan fingerprint density at radius 1 is 1.39 bits per heavy atom. The Hall–Kier alpha value is -0.420. The van der Waals surface area contributed by atoms with Crippen molar-refractivity contribution in [3.8, 4) is 0 Å². The van der Waals surface area contributed by atoms with Crippen LogP contribution < -0.4 is 0 Å². The summed E-state index contributed by atoms with van der Waals surface area (Å²) >= 11 is 0. The third kappa shape index (κ3) is 3.98. The van der Waals surface area contributed by atoms with E-state index >= 15 is 0 Å². The topological polar surface area (TPSA) is 62.2 Å². The highest BCUT2D eigenvalue weighted by atomic mass is 16.6. The summed E-state index contributed by atoms with van der Waals surface area (Å²) in [7, 11) is 0. The fourth-order valence-corrected chi connectivity index (χ4v) is 4.52. The monoisotopic (exact) mass is 326 g/mol. The quantitative estimate of drug-likeness (QED) is 0.582. The highest BCUT2D eigenvalue weighted by Crippen LogP contribution is 2.55. The van der Waals surface area contributed by atoms with Crippen molar-refractivity contribution >= 4 is 0 Å². The van der Waals surface area contributed by atoms with Crippen LogP contribution in [-0.2, 0) is 9.47 Å². The zero-order chi connectivity index (χ0) is 17.4. The first-order chi connectivity index (χ1) is 10.6. The van der Waals surface area contributed by atoms with Crippen LogP contribution in [0.2, 0.25) is 0 Å². The summed E-state index contributed by atoms with van der Waals surface area (Å²) in [5.74, 6) is 0.305. The number of ether oxygens (including phenoxy) is 2. The van der Waals surface area contributed by atoms with Gasteiger partial charge in [0, 0.05) is 5.92 Å². The van der Waals surface area contributed by atoms with Crippen molar-refractivity contribution in [3.63, 3.8) is 0 Å². The van der Waals surface area contributed by atoms with Crippen molar-refractivity contribution in [3.05, 3.63) is 11.6 Å². The summed E-state index contributed by atoms with van der Waals surface area (Å²) in [6, 6.07) is 0. The molecule has 1 unspecified atom stereocenters. The lowest BCUT2D eigenvalue weighted by atomic mass is 9.63. The Balaban J connectivity index is 2.11. The van der Waals surface area contributed by atoms with Crippen molar-refractivity contribution in [1.82, 2.24) is 0 Å². The standard InChI is InChI=1S/C19H34O4/c1-12(2)22-15-9-10-18(5,21)17(14(15)4)19(6)16(23-19)8-7-13(3)11-20/h7,12,14-17,20-21H,8-11H2,1-6H3/b13-7+/t14-,15-,16-,17?,18-,19+/m1/s1. The molecule has 2 fully saturated rings. The first kappa shape index (κ1) is 18.9. The van der Waals surface area contributed by atoms with E-state index in [2.05, 4.69) is 27.7 Å². The molecule has 134 valence electrons. The molecule has 0 amide bonds. The molecule has 1 aliphatic heterocycles. The molecule has 4 heteroatoms. The van der Waals surface area contributed by atoms with Crippen LogP contribution >= 0.6 is 0 Å². The number of aliphatic hydroxyl groups is 2. The van der Waals surface area contributed by atoms with E-state index in [0.717, 1.165) is 24.8 Å². The molecule has 2 rings (SSSR count). The van der Waals surface area contributed by atoms with Gasteiger partial charge in [-0.25, -0.2) is 0 Å². The van der Waals surface area contributed by atoms with E-state index in [1.807, 2.05) is 19.9 Å². The van der Waals surface area contributed by atoms with Crippen LogP contribution in [-0.4, -0.2) is 46.3 Å². The minimum absolute atomic E-state index is 0.0559. The SMILES string of the molecule is C/C(=C\C[C@H]1O[C@]1(C)C1[C@H](C)[C@H](OC(C)C)CC[C@@]1(C)O)CO. The molecule has 0 spiro atoms. The lowest BCUT2D eigenvalue weighted by Crippen LogP contribution is -2.54. The second kappa shape index (κ2) is 6.83. The van der Waals surface area contributed by atoms with Gasteiger partial charge in [0.05, 0.1) is 36.1 Å². The van der Waals surface area contributed by atoms with Crippen molar-refractivity contribution < 1.29 is 19.7 Å². The molecule has 1 aliphatic carbocycles. The molecule has 2 aliphatic rings.